The quantitative estimate of drug-likeness (QED) is 0.634. The Bertz CT molecular complexity index is 954. The number of hydrogen-bond acceptors (Lipinski definition) is 6. The first-order valence-electron chi connectivity index (χ1n) is 10.2. The van der Waals surface area contributed by atoms with E-state index in [1.165, 1.54) is 28.0 Å². The molecule has 2 aliphatic rings. The summed E-state index contributed by atoms with van der Waals surface area (Å²) in [5.41, 5.74) is 1.19. The van der Waals surface area contributed by atoms with E-state index in [0.29, 0.717) is 37.0 Å². The van der Waals surface area contributed by atoms with Crippen LogP contribution in [0.3, 0.4) is 0 Å². The van der Waals surface area contributed by atoms with Crippen molar-refractivity contribution in [1.82, 2.24) is 14.2 Å². The molecule has 2 fully saturated rings. The highest BCUT2D eigenvalue weighted by Crippen LogP contribution is 2.23. The Balaban J connectivity index is 1.27. The fraction of sp³-hybridized carbons (Fsp3) is 0.429. The third-order valence-electron chi connectivity index (χ3n) is 5.51. The van der Waals surface area contributed by atoms with E-state index in [1.807, 2.05) is 23.1 Å². The van der Waals surface area contributed by atoms with Crippen LogP contribution in [0.5, 0.6) is 0 Å². The number of benzene rings is 1. The topological polar surface area (TPSA) is 73.8 Å². The van der Waals surface area contributed by atoms with Gasteiger partial charge in [0.15, 0.2) is 0 Å². The lowest BCUT2D eigenvalue weighted by Crippen LogP contribution is -2.49. The molecular formula is C21H26N4O3S2. The van der Waals surface area contributed by atoms with Gasteiger partial charge in [-0.2, -0.15) is 4.31 Å². The van der Waals surface area contributed by atoms with Gasteiger partial charge in [-0.3, -0.25) is 4.79 Å². The van der Waals surface area contributed by atoms with E-state index in [-0.39, 0.29) is 10.8 Å². The normalized spacial score (nSPS) is 18.0. The van der Waals surface area contributed by atoms with E-state index >= 15 is 0 Å². The van der Waals surface area contributed by atoms with Crippen LogP contribution in [0.25, 0.3) is 0 Å². The van der Waals surface area contributed by atoms with Gasteiger partial charge >= 0.3 is 0 Å². The maximum atomic E-state index is 12.6. The second kappa shape index (κ2) is 9.36. The molecule has 1 aromatic heterocycles. The molecule has 3 heterocycles. The van der Waals surface area contributed by atoms with Gasteiger partial charge in [0, 0.05) is 51.2 Å². The molecule has 0 radical (unpaired) electrons. The number of piperazine rings is 1. The Hall–Kier alpha value is -2.10. The number of hydrogen-bond donors (Lipinski definition) is 0. The van der Waals surface area contributed by atoms with E-state index in [0.717, 1.165) is 25.9 Å². The zero-order valence-electron chi connectivity index (χ0n) is 16.8. The molecule has 9 heteroatoms. The molecule has 0 spiro atoms. The molecule has 0 bridgehead atoms. The molecule has 160 valence electrons. The number of thioether (sulfide) groups is 1. The molecule has 4 rings (SSSR count). The van der Waals surface area contributed by atoms with Crippen molar-refractivity contribution in [2.75, 3.05) is 49.9 Å². The molecule has 0 aliphatic carbocycles. The summed E-state index contributed by atoms with van der Waals surface area (Å²) in [5, 5.41) is 0.659. The number of sulfonamides is 1. The van der Waals surface area contributed by atoms with Crippen molar-refractivity contribution in [2.24, 2.45) is 0 Å². The highest BCUT2D eigenvalue weighted by molar-refractivity contribution is 7.99. The van der Waals surface area contributed by atoms with Crippen LogP contribution in [0.2, 0.25) is 0 Å². The van der Waals surface area contributed by atoms with Gasteiger partial charge in [-0.25, -0.2) is 13.4 Å². The average molecular weight is 447 g/mol. The molecule has 7 nitrogen and oxygen atoms in total. The average Bonchev–Trinajstić information content (AvgIpc) is 3.34. The van der Waals surface area contributed by atoms with Gasteiger partial charge in [-0.05, 0) is 37.1 Å². The number of rotatable bonds is 6. The van der Waals surface area contributed by atoms with Crippen LogP contribution < -0.4 is 4.90 Å². The summed E-state index contributed by atoms with van der Waals surface area (Å²) in [7, 11) is -3.45. The zero-order valence-corrected chi connectivity index (χ0v) is 18.4. The first-order chi connectivity index (χ1) is 14.5. The van der Waals surface area contributed by atoms with E-state index in [9.17, 15) is 13.2 Å². The molecule has 1 amide bonds. The minimum atomic E-state index is -3.45. The molecule has 0 saturated carbocycles. The number of amides is 1. The lowest BCUT2D eigenvalue weighted by Gasteiger charge is -2.36. The van der Waals surface area contributed by atoms with Gasteiger partial charge in [0.1, 0.15) is 4.90 Å². The number of anilines is 1. The van der Waals surface area contributed by atoms with Crippen molar-refractivity contribution in [2.45, 2.75) is 22.8 Å². The van der Waals surface area contributed by atoms with Gasteiger partial charge in [0.05, 0.1) is 10.8 Å². The number of carbonyl (C=O) groups excluding carboxylic acids is 1. The number of aromatic nitrogens is 1. The zero-order chi connectivity index (χ0) is 21.0. The third kappa shape index (κ3) is 4.79. The number of carbonyl (C=O) groups is 1. The van der Waals surface area contributed by atoms with Crippen LogP contribution in [0.15, 0.2) is 58.6 Å². The maximum absolute atomic E-state index is 12.6. The van der Waals surface area contributed by atoms with Crippen LogP contribution in [0.4, 0.5) is 5.69 Å². The first kappa shape index (κ1) is 21.1. The SMILES string of the molecule is O=C(CSc1ccc(S(=O)(=O)N2CCCC2)cn1)N1CCN(c2ccccc2)CC1. The molecule has 30 heavy (non-hydrogen) atoms. The summed E-state index contributed by atoms with van der Waals surface area (Å²) >= 11 is 1.35. The van der Waals surface area contributed by atoms with Crippen LogP contribution in [-0.2, 0) is 14.8 Å². The van der Waals surface area contributed by atoms with Gasteiger partial charge in [-0.1, -0.05) is 30.0 Å². The second-order valence-corrected chi connectivity index (χ2v) is 10.4. The Labute approximate surface area is 182 Å². The molecule has 2 aromatic rings. The van der Waals surface area contributed by atoms with E-state index < -0.39 is 10.0 Å². The fourth-order valence-electron chi connectivity index (χ4n) is 3.76. The van der Waals surface area contributed by atoms with Crippen molar-refractivity contribution >= 4 is 33.4 Å². The van der Waals surface area contributed by atoms with Crippen LogP contribution in [0, 0.1) is 0 Å². The van der Waals surface area contributed by atoms with Crippen molar-refractivity contribution in [3.63, 3.8) is 0 Å². The number of nitrogens with zero attached hydrogens (tertiary/aromatic N) is 4. The molecular weight excluding hydrogens is 420 g/mol. The summed E-state index contributed by atoms with van der Waals surface area (Å²) in [6.45, 7) is 4.20. The van der Waals surface area contributed by atoms with Crippen LogP contribution in [0.1, 0.15) is 12.8 Å². The fourth-order valence-corrected chi connectivity index (χ4v) is 5.97. The van der Waals surface area contributed by atoms with Gasteiger partial charge in [-0.15, -0.1) is 0 Å². The van der Waals surface area contributed by atoms with Crippen LogP contribution >= 0.6 is 11.8 Å². The predicted octanol–water partition coefficient (Wildman–Crippen LogP) is 2.31. The lowest BCUT2D eigenvalue weighted by molar-refractivity contribution is -0.128. The van der Waals surface area contributed by atoms with Gasteiger partial charge < -0.3 is 9.80 Å². The van der Waals surface area contributed by atoms with E-state index in [2.05, 4.69) is 22.0 Å². The Morgan fingerprint density at radius 3 is 2.27 bits per heavy atom. The summed E-state index contributed by atoms with van der Waals surface area (Å²) in [6.07, 6.45) is 3.21. The Morgan fingerprint density at radius 1 is 0.933 bits per heavy atom. The summed E-state index contributed by atoms with van der Waals surface area (Å²) < 4.78 is 26.6. The highest BCUT2D eigenvalue weighted by atomic mass is 32.2. The second-order valence-electron chi connectivity index (χ2n) is 7.44. The van der Waals surface area contributed by atoms with Gasteiger partial charge in [0.2, 0.25) is 15.9 Å². The maximum Gasteiger partial charge on any atom is 0.244 e. The first-order valence-corrected chi connectivity index (χ1v) is 12.6. The van der Waals surface area contributed by atoms with Gasteiger partial charge in [0.25, 0.3) is 0 Å². The Kier molecular flexibility index (Phi) is 6.60. The molecule has 0 unspecified atom stereocenters. The summed E-state index contributed by atoms with van der Waals surface area (Å²) in [4.78, 5) is 21.2. The number of para-hydroxylation sites is 1. The predicted molar refractivity (Wildman–Crippen MR) is 118 cm³/mol. The molecule has 0 atom stereocenters. The van der Waals surface area contributed by atoms with Crippen molar-refractivity contribution in [1.29, 1.82) is 0 Å². The molecule has 0 N–H and O–H groups in total. The van der Waals surface area contributed by atoms with Crippen molar-refractivity contribution in [3.05, 3.63) is 48.7 Å². The molecule has 2 saturated heterocycles. The Morgan fingerprint density at radius 2 is 1.63 bits per heavy atom. The standard InChI is InChI=1S/C21H26N4O3S2/c26-21(24-14-12-23(13-15-24)18-6-2-1-3-7-18)17-29-20-9-8-19(16-22-20)30(27,28)25-10-4-5-11-25/h1-3,6-9,16H,4-5,10-15,17H2. The number of pyridine rings is 1. The monoisotopic (exact) mass is 446 g/mol. The molecule has 2 aliphatic heterocycles. The van der Waals surface area contributed by atoms with E-state index in [1.54, 1.807) is 12.1 Å². The largest absolute Gasteiger partial charge is 0.368 e. The van der Waals surface area contributed by atoms with Crippen molar-refractivity contribution < 1.29 is 13.2 Å². The highest BCUT2D eigenvalue weighted by Gasteiger charge is 2.27. The van der Waals surface area contributed by atoms with Crippen LogP contribution in [-0.4, -0.2) is 73.5 Å². The summed E-state index contributed by atoms with van der Waals surface area (Å²) in [5.74, 6) is 0.389. The third-order valence-corrected chi connectivity index (χ3v) is 8.32. The minimum Gasteiger partial charge on any atom is -0.368 e. The smallest absolute Gasteiger partial charge is 0.244 e. The molecule has 1 aromatic carbocycles. The lowest BCUT2D eigenvalue weighted by atomic mass is 10.2. The van der Waals surface area contributed by atoms with Crippen molar-refractivity contribution in [3.8, 4) is 0 Å². The van der Waals surface area contributed by atoms with E-state index in [4.69, 9.17) is 0 Å². The minimum absolute atomic E-state index is 0.0864. The summed E-state index contributed by atoms with van der Waals surface area (Å²) in [6, 6.07) is 13.5.